The maximum atomic E-state index is 12.2. The first-order valence-corrected chi connectivity index (χ1v) is 7.64. The van der Waals surface area contributed by atoms with Crippen LogP contribution in [-0.4, -0.2) is 42.2 Å². The minimum atomic E-state index is -0.345. The SMILES string of the molecule is N#Cc1ccc(C(=O)NCC(=O)N2CCC(/C(N)=N/N)CC2)cc1. The summed E-state index contributed by atoms with van der Waals surface area (Å²) in [4.78, 5) is 25.9. The molecule has 0 bridgehead atoms. The molecule has 2 rings (SSSR count). The molecule has 1 heterocycles. The monoisotopic (exact) mass is 328 g/mol. The van der Waals surface area contributed by atoms with Gasteiger partial charge in [-0.3, -0.25) is 9.59 Å². The Balaban J connectivity index is 1.81. The van der Waals surface area contributed by atoms with Gasteiger partial charge in [0.2, 0.25) is 5.91 Å². The minimum Gasteiger partial charge on any atom is -0.385 e. The number of nitrogens with one attached hydrogen (secondary N) is 1. The standard InChI is InChI=1S/C16H20N6O2/c17-9-11-1-3-13(4-2-11)16(24)20-10-14(23)22-7-5-12(6-8-22)15(18)21-19/h1-4,12H,5-8,10,19H2,(H2,18,21)(H,20,24). The Morgan fingerprint density at radius 1 is 1.29 bits per heavy atom. The first kappa shape index (κ1) is 17.3. The van der Waals surface area contributed by atoms with Crippen molar-refractivity contribution in [2.24, 2.45) is 22.6 Å². The van der Waals surface area contributed by atoms with E-state index in [0.717, 1.165) is 0 Å². The van der Waals surface area contributed by atoms with E-state index in [1.807, 2.05) is 6.07 Å². The van der Waals surface area contributed by atoms with Crippen LogP contribution < -0.4 is 16.9 Å². The van der Waals surface area contributed by atoms with E-state index in [-0.39, 0.29) is 24.3 Å². The summed E-state index contributed by atoms with van der Waals surface area (Å²) in [6, 6.07) is 8.21. The maximum Gasteiger partial charge on any atom is 0.251 e. The fourth-order valence-electron chi connectivity index (χ4n) is 2.60. The number of rotatable bonds is 4. The highest BCUT2D eigenvalue weighted by atomic mass is 16.2. The Morgan fingerprint density at radius 3 is 2.46 bits per heavy atom. The van der Waals surface area contributed by atoms with Crippen molar-refractivity contribution in [2.75, 3.05) is 19.6 Å². The van der Waals surface area contributed by atoms with E-state index in [9.17, 15) is 9.59 Å². The molecule has 0 radical (unpaired) electrons. The van der Waals surface area contributed by atoms with E-state index in [4.69, 9.17) is 16.8 Å². The zero-order valence-electron chi connectivity index (χ0n) is 13.2. The maximum absolute atomic E-state index is 12.2. The molecule has 8 nitrogen and oxygen atoms in total. The number of hydrogen-bond acceptors (Lipinski definition) is 5. The predicted octanol–water partition coefficient (Wildman–Crippen LogP) is -0.242. The Morgan fingerprint density at radius 2 is 1.92 bits per heavy atom. The lowest BCUT2D eigenvalue weighted by Crippen LogP contribution is -2.46. The number of nitrogens with two attached hydrogens (primary N) is 2. The fourth-order valence-corrected chi connectivity index (χ4v) is 2.60. The van der Waals surface area contributed by atoms with Crippen LogP contribution in [0.25, 0.3) is 0 Å². The zero-order chi connectivity index (χ0) is 17.5. The van der Waals surface area contributed by atoms with Crippen molar-refractivity contribution < 1.29 is 9.59 Å². The number of hydrogen-bond donors (Lipinski definition) is 3. The molecule has 0 atom stereocenters. The van der Waals surface area contributed by atoms with Gasteiger partial charge in [-0.25, -0.2) is 0 Å². The van der Waals surface area contributed by atoms with Gasteiger partial charge >= 0.3 is 0 Å². The Hall–Kier alpha value is -3.08. The molecular formula is C16H20N6O2. The van der Waals surface area contributed by atoms with Crippen molar-refractivity contribution in [1.82, 2.24) is 10.2 Å². The summed E-state index contributed by atoms with van der Waals surface area (Å²) in [7, 11) is 0. The molecule has 5 N–H and O–H groups in total. The summed E-state index contributed by atoms with van der Waals surface area (Å²) in [5, 5.41) is 14.8. The fraction of sp³-hybridized carbons (Fsp3) is 0.375. The van der Waals surface area contributed by atoms with Crippen LogP contribution in [0.2, 0.25) is 0 Å². The largest absolute Gasteiger partial charge is 0.385 e. The van der Waals surface area contributed by atoms with E-state index in [1.165, 1.54) is 0 Å². The van der Waals surface area contributed by atoms with E-state index < -0.39 is 0 Å². The summed E-state index contributed by atoms with van der Waals surface area (Å²) in [5.41, 5.74) is 6.58. The average Bonchev–Trinajstić information content (AvgIpc) is 2.65. The lowest BCUT2D eigenvalue weighted by molar-refractivity contribution is -0.131. The van der Waals surface area contributed by atoms with Gasteiger partial charge in [-0.05, 0) is 37.1 Å². The van der Waals surface area contributed by atoms with Crippen LogP contribution in [0.5, 0.6) is 0 Å². The number of hydrazone groups is 1. The molecule has 24 heavy (non-hydrogen) atoms. The van der Waals surface area contributed by atoms with E-state index in [2.05, 4.69) is 10.4 Å². The van der Waals surface area contributed by atoms with Crippen molar-refractivity contribution in [3.63, 3.8) is 0 Å². The second-order valence-electron chi connectivity index (χ2n) is 5.58. The summed E-state index contributed by atoms with van der Waals surface area (Å²) < 4.78 is 0. The number of carbonyl (C=O) groups excluding carboxylic acids is 2. The minimum absolute atomic E-state index is 0.0655. The number of nitriles is 1. The quantitative estimate of drug-likeness (QED) is 0.303. The van der Waals surface area contributed by atoms with Crippen molar-refractivity contribution in [3.05, 3.63) is 35.4 Å². The molecule has 0 unspecified atom stereocenters. The molecule has 8 heteroatoms. The Bertz CT molecular complexity index is 669. The predicted molar refractivity (Wildman–Crippen MR) is 88.6 cm³/mol. The number of amidine groups is 1. The number of nitrogens with zero attached hydrogens (tertiary/aromatic N) is 3. The van der Waals surface area contributed by atoms with Crippen LogP contribution in [0.4, 0.5) is 0 Å². The molecule has 1 aliphatic heterocycles. The molecule has 2 amide bonds. The van der Waals surface area contributed by atoms with Gasteiger partial charge in [-0.1, -0.05) is 0 Å². The molecule has 1 aliphatic rings. The van der Waals surface area contributed by atoms with Crippen LogP contribution in [0.15, 0.2) is 29.4 Å². The van der Waals surface area contributed by atoms with Crippen LogP contribution in [0.3, 0.4) is 0 Å². The second kappa shape index (κ2) is 7.97. The molecule has 126 valence electrons. The van der Waals surface area contributed by atoms with Gasteiger partial charge in [-0.2, -0.15) is 10.4 Å². The van der Waals surface area contributed by atoms with Gasteiger partial charge in [0.1, 0.15) is 5.84 Å². The van der Waals surface area contributed by atoms with Gasteiger partial charge < -0.3 is 21.8 Å². The van der Waals surface area contributed by atoms with Crippen LogP contribution in [0, 0.1) is 17.2 Å². The van der Waals surface area contributed by atoms with Crippen molar-refractivity contribution in [2.45, 2.75) is 12.8 Å². The molecule has 1 aromatic carbocycles. The van der Waals surface area contributed by atoms with E-state index in [1.54, 1.807) is 29.2 Å². The molecule has 0 saturated carbocycles. The van der Waals surface area contributed by atoms with Crippen LogP contribution in [-0.2, 0) is 4.79 Å². The highest BCUT2D eigenvalue weighted by Crippen LogP contribution is 2.17. The number of likely N-dealkylation sites (tertiary alicyclic amines) is 1. The van der Waals surface area contributed by atoms with E-state index >= 15 is 0 Å². The topological polar surface area (TPSA) is 138 Å². The highest BCUT2D eigenvalue weighted by Gasteiger charge is 2.25. The van der Waals surface area contributed by atoms with Gasteiger partial charge in [0.15, 0.2) is 0 Å². The van der Waals surface area contributed by atoms with Crippen molar-refractivity contribution in [3.8, 4) is 6.07 Å². The highest BCUT2D eigenvalue weighted by molar-refractivity contribution is 5.96. The summed E-state index contributed by atoms with van der Waals surface area (Å²) in [6.07, 6.45) is 1.42. The van der Waals surface area contributed by atoms with Crippen LogP contribution in [0.1, 0.15) is 28.8 Å². The smallest absolute Gasteiger partial charge is 0.251 e. The number of amides is 2. The number of benzene rings is 1. The zero-order valence-corrected chi connectivity index (χ0v) is 13.2. The van der Waals surface area contributed by atoms with Crippen molar-refractivity contribution >= 4 is 17.6 Å². The first-order chi connectivity index (χ1) is 11.5. The number of carbonyl (C=O) groups is 2. The van der Waals surface area contributed by atoms with Crippen molar-refractivity contribution in [1.29, 1.82) is 5.26 Å². The lowest BCUT2D eigenvalue weighted by atomic mass is 9.96. The first-order valence-electron chi connectivity index (χ1n) is 7.64. The normalized spacial score (nSPS) is 15.6. The van der Waals surface area contributed by atoms with Crippen LogP contribution >= 0.6 is 0 Å². The van der Waals surface area contributed by atoms with Gasteiger partial charge in [-0.15, -0.1) is 0 Å². The summed E-state index contributed by atoms with van der Waals surface area (Å²) in [5.74, 6) is 5.20. The third-order valence-electron chi connectivity index (χ3n) is 4.09. The average molecular weight is 328 g/mol. The second-order valence-corrected chi connectivity index (χ2v) is 5.58. The summed E-state index contributed by atoms with van der Waals surface area (Å²) in [6.45, 7) is 1.06. The van der Waals surface area contributed by atoms with Gasteiger partial charge in [0.25, 0.3) is 5.91 Å². The number of piperidine rings is 1. The molecule has 0 aromatic heterocycles. The molecule has 1 aromatic rings. The molecule has 0 spiro atoms. The molecule has 1 fully saturated rings. The van der Waals surface area contributed by atoms with Gasteiger partial charge in [0.05, 0.1) is 18.2 Å². The van der Waals surface area contributed by atoms with Gasteiger partial charge in [0, 0.05) is 24.6 Å². The third kappa shape index (κ3) is 4.23. The third-order valence-corrected chi connectivity index (χ3v) is 4.09. The molecular weight excluding hydrogens is 308 g/mol. The molecule has 0 aliphatic carbocycles. The lowest BCUT2D eigenvalue weighted by Gasteiger charge is -2.31. The Labute approximate surface area is 140 Å². The summed E-state index contributed by atoms with van der Waals surface area (Å²) >= 11 is 0. The molecule has 1 saturated heterocycles. The Kier molecular flexibility index (Phi) is 5.73. The van der Waals surface area contributed by atoms with E-state index in [0.29, 0.717) is 42.9 Å².